The van der Waals surface area contributed by atoms with Gasteiger partial charge in [0, 0.05) is 37.0 Å². The van der Waals surface area contributed by atoms with Crippen LogP contribution in [0.1, 0.15) is 32.6 Å². The van der Waals surface area contributed by atoms with Crippen LogP contribution in [-0.2, 0) is 10.3 Å². The number of benzene rings is 4. The third kappa shape index (κ3) is 2.27. The number of anilines is 1. The molecule has 0 N–H and O–H groups in total. The van der Waals surface area contributed by atoms with Gasteiger partial charge >= 0.3 is 5.97 Å². The summed E-state index contributed by atoms with van der Waals surface area (Å²) in [6, 6.07) is 24.0. The van der Waals surface area contributed by atoms with Crippen LogP contribution < -0.4 is 9.64 Å². The van der Waals surface area contributed by atoms with Gasteiger partial charge < -0.3 is 14.4 Å². The van der Waals surface area contributed by atoms with Gasteiger partial charge in [-0.05, 0) is 47.5 Å². The molecule has 4 aromatic rings. The number of hydrogen-bond acceptors (Lipinski definition) is 4. The van der Waals surface area contributed by atoms with Gasteiger partial charge in [0.25, 0.3) is 0 Å². The van der Waals surface area contributed by atoms with Gasteiger partial charge in [-0.15, -0.1) is 0 Å². The summed E-state index contributed by atoms with van der Waals surface area (Å²) in [5, 5.41) is 2.15. The highest BCUT2D eigenvalue weighted by Crippen LogP contribution is 2.58. The van der Waals surface area contributed by atoms with E-state index in [0.717, 1.165) is 44.5 Å². The van der Waals surface area contributed by atoms with E-state index < -0.39 is 5.60 Å². The predicted octanol–water partition coefficient (Wildman–Crippen LogP) is 5.78. The first-order valence-electron chi connectivity index (χ1n) is 10.4. The Morgan fingerprint density at radius 2 is 1.55 bits per heavy atom. The first-order valence-corrected chi connectivity index (χ1v) is 10.4. The van der Waals surface area contributed by atoms with Gasteiger partial charge in [-0.3, -0.25) is 0 Å². The number of esters is 1. The molecule has 0 radical (unpaired) electrons. The van der Waals surface area contributed by atoms with Crippen molar-refractivity contribution in [3.05, 3.63) is 101 Å². The molecule has 2 aliphatic rings. The van der Waals surface area contributed by atoms with Crippen LogP contribution in [0.5, 0.6) is 11.5 Å². The maximum absolute atomic E-state index is 13.1. The van der Waals surface area contributed by atoms with Crippen molar-refractivity contribution in [3.8, 4) is 11.5 Å². The molecule has 0 bridgehead atoms. The van der Waals surface area contributed by atoms with Gasteiger partial charge in [0.1, 0.15) is 11.5 Å². The summed E-state index contributed by atoms with van der Waals surface area (Å²) in [5.41, 5.74) is 4.28. The number of nitrogens with zero attached hydrogens (tertiary/aromatic N) is 1. The van der Waals surface area contributed by atoms with Crippen molar-refractivity contribution in [1.82, 2.24) is 0 Å². The SMILES string of the molecule is Cc1cc2c(c3ccccc13)C1(OC(=O)c3ccccc31)c1ccc(N(C)C)cc1O2. The van der Waals surface area contributed by atoms with Crippen molar-refractivity contribution in [2.24, 2.45) is 0 Å². The fourth-order valence-corrected chi connectivity index (χ4v) is 4.99. The Hall–Kier alpha value is -3.79. The summed E-state index contributed by atoms with van der Waals surface area (Å²) in [5.74, 6) is 1.12. The van der Waals surface area contributed by atoms with Gasteiger partial charge in [-0.1, -0.05) is 42.5 Å². The molecule has 6 rings (SSSR count). The van der Waals surface area contributed by atoms with E-state index in [1.165, 1.54) is 0 Å². The molecule has 4 aromatic carbocycles. The smallest absolute Gasteiger partial charge is 0.340 e. The summed E-state index contributed by atoms with van der Waals surface area (Å²) < 4.78 is 12.8. The van der Waals surface area contributed by atoms with Gasteiger partial charge in [-0.25, -0.2) is 4.79 Å². The lowest BCUT2D eigenvalue weighted by Gasteiger charge is -2.38. The first kappa shape index (κ1) is 18.0. The Morgan fingerprint density at radius 3 is 2.35 bits per heavy atom. The molecular formula is C27H21NO3. The van der Waals surface area contributed by atoms with Gasteiger partial charge in [0.15, 0.2) is 5.60 Å². The zero-order valence-electron chi connectivity index (χ0n) is 17.6. The molecule has 31 heavy (non-hydrogen) atoms. The quantitative estimate of drug-likeness (QED) is 0.375. The topological polar surface area (TPSA) is 38.8 Å². The van der Waals surface area contributed by atoms with Crippen LogP contribution in [0.25, 0.3) is 10.8 Å². The van der Waals surface area contributed by atoms with Crippen molar-refractivity contribution in [2.45, 2.75) is 12.5 Å². The van der Waals surface area contributed by atoms with Gasteiger partial charge in [0.2, 0.25) is 0 Å². The van der Waals surface area contributed by atoms with Crippen LogP contribution in [0.2, 0.25) is 0 Å². The molecule has 1 atom stereocenters. The van der Waals surface area contributed by atoms with E-state index >= 15 is 0 Å². The molecule has 0 aliphatic carbocycles. The van der Waals surface area contributed by atoms with Crippen LogP contribution in [0.15, 0.2) is 72.8 Å². The number of fused-ring (bicyclic) bond motifs is 8. The van der Waals surface area contributed by atoms with E-state index in [1.807, 2.05) is 73.6 Å². The zero-order valence-corrected chi connectivity index (χ0v) is 17.6. The van der Waals surface area contributed by atoms with E-state index in [0.29, 0.717) is 11.3 Å². The standard InChI is InChI=1S/C27H21NO3/c1-16-14-24-25(19-9-5-4-8-18(16)19)27(21-11-7-6-10-20(21)26(29)31-27)22-13-12-17(28(2)3)15-23(22)30-24/h4-15H,1-3H3. The highest BCUT2D eigenvalue weighted by atomic mass is 16.6. The maximum Gasteiger partial charge on any atom is 0.340 e. The second kappa shape index (κ2) is 6.11. The van der Waals surface area contributed by atoms with Crippen molar-refractivity contribution >= 4 is 22.4 Å². The van der Waals surface area contributed by atoms with Gasteiger partial charge in [-0.2, -0.15) is 0 Å². The lowest BCUT2D eigenvalue weighted by molar-refractivity contribution is 0.0229. The third-order valence-corrected chi connectivity index (χ3v) is 6.42. The summed E-state index contributed by atoms with van der Waals surface area (Å²) >= 11 is 0. The van der Waals surface area contributed by atoms with E-state index in [1.54, 1.807) is 0 Å². The van der Waals surface area contributed by atoms with E-state index in [9.17, 15) is 4.79 Å². The molecule has 0 fully saturated rings. The minimum absolute atomic E-state index is 0.309. The molecule has 0 saturated heterocycles. The lowest BCUT2D eigenvalue weighted by atomic mass is 9.75. The number of aryl methyl sites for hydroxylation is 1. The molecule has 4 heteroatoms. The van der Waals surface area contributed by atoms with Crippen LogP contribution in [0.3, 0.4) is 0 Å². The van der Waals surface area contributed by atoms with Gasteiger partial charge in [0.05, 0.1) is 11.1 Å². The van der Waals surface area contributed by atoms with Crippen molar-refractivity contribution in [3.63, 3.8) is 0 Å². The number of rotatable bonds is 1. The lowest BCUT2D eigenvalue weighted by Crippen LogP contribution is -2.33. The summed E-state index contributed by atoms with van der Waals surface area (Å²) in [6.07, 6.45) is 0. The third-order valence-electron chi connectivity index (χ3n) is 6.42. The fraction of sp³-hybridized carbons (Fsp3) is 0.148. The molecule has 0 saturated carbocycles. The van der Waals surface area contributed by atoms with Crippen molar-refractivity contribution in [2.75, 3.05) is 19.0 Å². The predicted molar refractivity (Wildman–Crippen MR) is 121 cm³/mol. The Bertz CT molecular complexity index is 1410. The molecule has 0 amide bonds. The number of hydrogen-bond donors (Lipinski definition) is 0. The molecule has 4 nitrogen and oxygen atoms in total. The fourth-order valence-electron chi connectivity index (χ4n) is 4.99. The van der Waals surface area contributed by atoms with E-state index in [2.05, 4.69) is 25.1 Å². The Morgan fingerprint density at radius 1 is 0.806 bits per heavy atom. The normalized spacial score (nSPS) is 18.2. The molecule has 152 valence electrons. The second-order valence-electron chi connectivity index (χ2n) is 8.41. The maximum atomic E-state index is 13.1. The average Bonchev–Trinajstić information content (AvgIpc) is 3.06. The Balaban J connectivity index is 1.78. The summed E-state index contributed by atoms with van der Waals surface area (Å²) in [4.78, 5) is 15.1. The average molecular weight is 407 g/mol. The monoisotopic (exact) mass is 407 g/mol. The van der Waals surface area contributed by atoms with Crippen LogP contribution in [-0.4, -0.2) is 20.1 Å². The summed E-state index contributed by atoms with van der Waals surface area (Å²) in [7, 11) is 3.99. The highest BCUT2D eigenvalue weighted by molar-refractivity contribution is 6.00. The summed E-state index contributed by atoms with van der Waals surface area (Å²) in [6.45, 7) is 2.08. The van der Waals surface area contributed by atoms with Crippen molar-refractivity contribution in [1.29, 1.82) is 0 Å². The van der Waals surface area contributed by atoms with Crippen LogP contribution in [0, 0.1) is 6.92 Å². The van der Waals surface area contributed by atoms with Crippen LogP contribution in [0.4, 0.5) is 5.69 Å². The molecule has 0 aromatic heterocycles. The minimum Gasteiger partial charge on any atom is -0.456 e. The minimum atomic E-state index is -1.05. The molecular weight excluding hydrogens is 386 g/mol. The second-order valence-corrected chi connectivity index (χ2v) is 8.41. The molecule has 1 unspecified atom stereocenters. The Kier molecular flexibility index (Phi) is 3.55. The van der Waals surface area contributed by atoms with E-state index in [-0.39, 0.29) is 5.97 Å². The molecule has 2 heterocycles. The van der Waals surface area contributed by atoms with Crippen LogP contribution >= 0.6 is 0 Å². The number of carbonyl (C=O) groups is 1. The van der Waals surface area contributed by atoms with E-state index in [4.69, 9.17) is 9.47 Å². The Labute approximate surface area is 180 Å². The first-order chi connectivity index (χ1) is 15.0. The molecule has 1 spiro atoms. The number of carbonyl (C=O) groups excluding carboxylic acids is 1. The largest absolute Gasteiger partial charge is 0.456 e. The highest BCUT2D eigenvalue weighted by Gasteiger charge is 2.54. The van der Waals surface area contributed by atoms with Crippen molar-refractivity contribution < 1.29 is 14.3 Å². The molecule has 2 aliphatic heterocycles. The number of ether oxygens (including phenoxy) is 2. The zero-order chi connectivity index (χ0) is 21.3.